The first-order valence-electron chi connectivity index (χ1n) is 6.71. The summed E-state index contributed by atoms with van der Waals surface area (Å²) in [7, 11) is 0. The van der Waals surface area contributed by atoms with Gasteiger partial charge in [0.2, 0.25) is 5.91 Å². The van der Waals surface area contributed by atoms with E-state index in [1.807, 2.05) is 18.2 Å². The summed E-state index contributed by atoms with van der Waals surface area (Å²) in [6.07, 6.45) is 3.69. The van der Waals surface area contributed by atoms with Gasteiger partial charge < -0.3 is 11.1 Å². The van der Waals surface area contributed by atoms with Crippen molar-refractivity contribution >= 4 is 24.0 Å². The lowest BCUT2D eigenvalue weighted by Crippen LogP contribution is -2.48. The second-order valence-electron chi connectivity index (χ2n) is 5.60. The third kappa shape index (κ3) is 3.71. The Morgan fingerprint density at radius 1 is 1.32 bits per heavy atom. The van der Waals surface area contributed by atoms with E-state index >= 15 is 0 Å². The molecular weight excluding hydrogens is 260 g/mol. The molecule has 1 aliphatic carbocycles. The highest BCUT2D eigenvalue weighted by molar-refractivity contribution is 5.98. The second kappa shape index (κ2) is 6.40. The first kappa shape index (κ1) is 16.0. The van der Waals surface area contributed by atoms with E-state index in [0.717, 1.165) is 31.4 Å². The van der Waals surface area contributed by atoms with Gasteiger partial charge in [0.25, 0.3) is 0 Å². The van der Waals surface area contributed by atoms with Crippen molar-refractivity contribution in [3.8, 4) is 0 Å². The van der Waals surface area contributed by atoms with Crippen molar-refractivity contribution in [1.29, 1.82) is 0 Å². The minimum absolute atomic E-state index is 0. The lowest BCUT2D eigenvalue weighted by Gasteiger charge is -2.22. The maximum absolute atomic E-state index is 12.2. The molecule has 1 amide bonds. The lowest BCUT2D eigenvalue weighted by atomic mass is 9.97. The zero-order chi connectivity index (χ0) is 13.2. The number of carbonyl (C=O) groups excluding carboxylic acids is 1. The molecule has 0 aromatic heterocycles. The van der Waals surface area contributed by atoms with E-state index in [0.29, 0.717) is 5.92 Å². The number of hydrogen-bond donors (Lipinski definition) is 2. The normalized spacial score (nSPS) is 17.1. The maximum Gasteiger partial charge on any atom is 0.244 e. The molecule has 1 fully saturated rings. The van der Waals surface area contributed by atoms with Crippen LogP contribution < -0.4 is 11.1 Å². The van der Waals surface area contributed by atoms with E-state index in [9.17, 15) is 4.79 Å². The van der Waals surface area contributed by atoms with E-state index in [1.54, 1.807) is 0 Å². The van der Waals surface area contributed by atoms with Crippen LogP contribution in [0.3, 0.4) is 0 Å². The molecule has 4 heteroatoms. The number of hydrogen-bond acceptors (Lipinski definition) is 2. The molecule has 106 valence electrons. The molecule has 0 atom stereocenters. The van der Waals surface area contributed by atoms with Gasteiger partial charge in [0, 0.05) is 5.69 Å². The van der Waals surface area contributed by atoms with E-state index in [-0.39, 0.29) is 18.3 Å². The van der Waals surface area contributed by atoms with Crippen LogP contribution in [0.1, 0.15) is 51.0 Å². The Bertz CT molecular complexity index is 440. The van der Waals surface area contributed by atoms with Crippen molar-refractivity contribution in [3.63, 3.8) is 0 Å². The molecule has 0 heterocycles. The molecule has 1 aromatic rings. The van der Waals surface area contributed by atoms with Gasteiger partial charge in [-0.05, 0) is 36.5 Å². The van der Waals surface area contributed by atoms with Crippen molar-refractivity contribution in [1.82, 2.24) is 0 Å². The number of carbonyl (C=O) groups is 1. The molecule has 0 saturated heterocycles. The number of benzene rings is 1. The molecule has 0 aliphatic heterocycles. The van der Waals surface area contributed by atoms with Crippen LogP contribution in [0.2, 0.25) is 0 Å². The fourth-order valence-electron chi connectivity index (χ4n) is 2.46. The van der Waals surface area contributed by atoms with E-state index in [1.165, 1.54) is 5.56 Å². The maximum atomic E-state index is 12.2. The zero-order valence-electron chi connectivity index (χ0n) is 11.6. The lowest BCUT2D eigenvalue weighted by molar-refractivity contribution is -0.121. The Hall–Kier alpha value is -1.06. The molecule has 0 spiro atoms. The monoisotopic (exact) mass is 282 g/mol. The summed E-state index contributed by atoms with van der Waals surface area (Å²) in [5.41, 5.74) is 7.55. The van der Waals surface area contributed by atoms with Gasteiger partial charge in [-0.2, -0.15) is 0 Å². The van der Waals surface area contributed by atoms with Gasteiger partial charge in [-0.1, -0.05) is 38.8 Å². The highest BCUT2D eigenvalue weighted by Crippen LogP contribution is 2.28. The molecule has 3 nitrogen and oxygen atoms in total. The minimum Gasteiger partial charge on any atom is -0.324 e. The number of amides is 1. The fourth-order valence-corrected chi connectivity index (χ4v) is 2.46. The molecular formula is C15H23ClN2O. The molecule has 0 unspecified atom stereocenters. The number of nitrogens with two attached hydrogens (primary N) is 1. The van der Waals surface area contributed by atoms with Crippen molar-refractivity contribution in [2.75, 3.05) is 5.32 Å². The molecule has 3 N–H and O–H groups in total. The van der Waals surface area contributed by atoms with Crippen molar-refractivity contribution in [2.24, 2.45) is 5.73 Å². The van der Waals surface area contributed by atoms with Gasteiger partial charge in [0.1, 0.15) is 0 Å². The summed E-state index contributed by atoms with van der Waals surface area (Å²) in [5.74, 6) is 0.418. The predicted molar refractivity (Wildman–Crippen MR) is 81.8 cm³/mol. The summed E-state index contributed by atoms with van der Waals surface area (Å²) in [6, 6.07) is 8.00. The molecule has 2 rings (SSSR count). The molecule has 1 aromatic carbocycles. The topological polar surface area (TPSA) is 55.1 Å². The van der Waals surface area contributed by atoms with Gasteiger partial charge in [-0.15, -0.1) is 12.4 Å². The van der Waals surface area contributed by atoms with Gasteiger partial charge in [-0.3, -0.25) is 4.79 Å². The van der Waals surface area contributed by atoms with Crippen molar-refractivity contribution < 1.29 is 4.79 Å². The van der Waals surface area contributed by atoms with Gasteiger partial charge in [-0.25, -0.2) is 0 Å². The van der Waals surface area contributed by atoms with Crippen LogP contribution in [0.5, 0.6) is 0 Å². The summed E-state index contributed by atoms with van der Waals surface area (Å²) in [5, 5.41) is 2.96. The van der Waals surface area contributed by atoms with E-state index < -0.39 is 5.54 Å². The molecule has 1 saturated carbocycles. The predicted octanol–water partition coefficient (Wildman–Crippen LogP) is 3.44. The van der Waals surface area contributed by atoms with Crippen LogP contribution in [0.25, 0.3) is 0 Å². The Kier molecular flexibility index (Phi) is 5.39. The summed E-state index contributed by atoms with van der Waals surface area (Å²) in [6.45, 7) is 4.28. The number of halogens is 1. The third-order valence-electron chi connectivity index (χ3n) is 3.76. The van der Waals surface area contributed by atoms with E-state index in [2.05, 4.69) is 25.2 Å². The number of anilines is 1. The van der Waals surface area contributed by atoms with Crippen LogP contribution in [-0.2, 0) is 4.79 Å². The highest BCUT2D eigenvalue weighted by atomic mass is 35.5. The van der Waals surface area contributed by atoms with Gasteiger partial charge >= 0.3 is 0 Å². The quantitative estimate of drug-likeness (QED) is 0.892. The number of nitrogens with one attached hydrogen (secondary N) is 1. The van der Waals surface area contributed by atoms with Crippen LogP contribution in [0.4, 0.5) is 5.69 Å². The van der Waals surface area contributed by atoms with Crippen molar-refractivity contribution in [2.45, 2.75) is 51.0 Å². The summed E-state index contributed by atoms with van der Waals surface area (Å²) >= 11 is 0. The Labute approximate surface area is 121 Å². The standard InChI is InChI=1S/C15H22N2O.ClH/c1-11(2)12-6-5-7-13(10-12)17-14(18)15(16)8-3-4-9-15;/h5-7,10-11H,3-4,8-9,16H2,1-2H3,(H,17,18);1H. The van der Waals surface area contributed by atoms with Crippen LogP contribution in [0, 0.1) is 0 Å². The fraction of sp³-hybridized carbons (Fsp3) is 0.533. The molecule has 0 radical (unpaired) electrons. The molecule has 19 heavy (non-hydrogen) atoms. The zero-order valence-corrected chi connectivity index (χ0v) is 12.4. The average Bonchev–Trinajstić information content (AvgIpc) is 2.78. The molecule has 0 bridgehead atoms. The second-order valence-corrected chi connectivity index (χ2v) is 5.60. The third-order valence-corrected chi connectivity index (χ3v) is 3.76. The first-order chi connectivity index (χ1) is 8.51. The Morgan fingerprint density at radius 2 is 1.95 bits per heavy atom. The van der Waals surface area contributed by atoms with Crippen LogP contribution >= 0.6 is 12.4 Å². The molecule has 1 aliphatic rings. The highest BCUT2D eigenvalue weighted by Gasteiger charge is 2.36. The summed E-state index contributed by atoms with van der Waals surface area (Å²) < 4.78 is 0. The average molecular weight is 283 g/mol. The van der Waals surface area contributed by atoms with Gasteiger partial charge in [0.15, 0.2) is 0 Å². The van der Waals surface area contributed by atoms with Crippen LogP contribution in [0.15, 0.2) is 24.3 Å². The Morgan fingerprint density at radius 3 is 2.53 bits per heavy atom. The SMILES string of the molecule is CC(C)c1cccc(NC(=O)C2(N)CCCC2)c1.Cl. The van der Waals surface area contributed by atoms with Gasteiger partial charge in [0.05, 0.1) is 5.54 Å². The largest absolute Gasteiger partial charge is 0.324 e. The number of rotatable bonds is 3. The van der Waals surface area contributed by atoms with Crippen molar-refractivity contribution in [3.05, 3.63) is 29.8 Å². The smallest absolute Gasteiger partial charge is 0.244 e. The van der Waals surface area contributed by atoms with Crippen LogP contribution in [-0.4, -0.2) is 11.4 Å². The Balaban J connectivity index is 0.00000180. The minimum atomic E-state index is -0.659. The summed E-state index contributed by atoms with van der Waals surface area (Å²) in [4.78, 5) is 12.2. The first-order valence-corrected chi connectivity index (χ1v) is 6.71. The van der Waals surface area contributed by atoms with E-state index in [4.69, 9.17) is 5.73 Å².